The first kappa shape index (κ1) is 47.0. The highest BCUT2D eigenvalue weighted by molar-refractivity contribution is 5.73. The van der Waals surface area contributed by atoms with Gasteiger partial charge in [0.15, 0.2) is 25.2 Å². The van der Waals surface area contributed by atoms with Crippen LogP contribution in [0.5, 0.6) is 0 Å². The third-order valence-electron chi connectivity index (χ3n) is 9.87. The van der Waals surface area contributed by atoms with Crippen LogP contribution in [0, 0.1) is 0 Å². The lowest BCUT2D eigenvalue weighted by Gasteiger charge is -2.50. The van der Waals surface area contributed by atoms with Crippen molar-refractivity contribution in [2.75, 3.05) is 33.0 Å². The maximum Gasteiger partial charge on any atom is 0.217 e. The van der Waals surface area contributed by atoms with E-state index in [0.717, 1.165) is 6.92 Å². The molecule has 4 rings (SSSR count). The minimum atomic E-state index is -2.06. The van der Waals surface area contributed by atoms with Gasteiger partial charge in [-0.1, -0.05) is 12.2 Å². The van der Waals surface area contributed by atoms with E-state index in [2.05, 4.69) is 5.32 Å². The number of hydrogen-bond donors (Lipinski definition) is 15. The van der Waals surface area contributed by atoms with E-state index in [0.29, 0.717) is 0 Å². The van der Waals surface area contributed by atoms with Crippen molar-refractivity contribution in [3.63, 3.8) is 0 Å². The monoisotopic (exact) mass is 820 g/mol. The SMILES string of the molecule is C/C=C/[C@@H](O)[C@@H](N)CO[C@@H]1OC(CO)[C@@H](O[C@@H]2OC(CO)[C@H](O[C@@H]3OC(CO)[C@H](O)C(O[C@@H]4OC(CO)[C@H](O)C(O)C4O)C3NC(C)=O)C(O)C2O)C(O)C1O. The molecule has 0 radical (unpaired) electrons. The Bertz CT molecular complexity index is 1240. The summed E-state index contributed by atoms with van der Waals surface area (Å²) in [6.07, 6.45) is -31.5. The highest BCUT2D eigenvalue weighted by Crippen LogP contribution is 2.34. The number of allylic oxidation sites excluding steroid dienone is 1. The molecule has 56 heavy (non-hydrogen) atoms. The van der Waals surface area contributed by atoms with Gasteiger partial charge in [-0.05, 0) is 6.92 Å². The number of carbonyl (C=O) groups excluding carboxylic acids is 1. The van der Waals surface area contributed by atoms with Crippen LogP contribution < -0.4 is 11.1 Å². The lowest BCUT2D eigenvalue weighted by molar-refractivity contribution is -0.380. The topological polar surface area (TPSA) is 392 Å². The van der Waals surface area contributed by atoms with Crippen LogP contribution in [0.4, 0.5) is 0 Å². The van der Waals surface area contributed by atoms with Crippen molar-refractivity contribution in [3.05, 3.63) is 12.2 Å². The van der Waals surface area contributed by atoms with Gasteiger partial charge in [0.1, 0.15) is 97.6 Å². The molecule has 0 aromatic rings. The molecule has 4 aliphatic heterocycles. The summed E-state index contributed by atoms with van der Waals surface area (Å²) in [5.74, 6) is -0.757. The Balaban J connectivity index is 1.50. The summed E-state index contributed by atoms with van der Waals surface area (Å²) >= 11 is 0. The van der Waals surface area contributed by atoms with E-state index in [-0.39, 0.29) is 6.61 Å². The number of ether oxygens (including phenoxy) is 8. The van der Waals surface area contributed by atoms with Gasteiger partial charge < -0.3 is 115 Å². The fraction of sp³-hybridized carbons (Fsp3) is 0.906. The molecule has 0 saturated carbocycles. The predicted molar refractivity (Wildman–Crippen MR) is 178 cm³/mol. The van der Waals surface area contributed by atoms with Crippen molar-refractivity contribution < 1.29 is 109 Å². The Labute approximate surface area is 320 Å². The van der Waals surface area contributed by atoms with Crippen LogP contribution in [0.3, 0.4) is 0 Å². The van der Waals surface area contributed by atoms with Crippen molar-refractivity contribution in [1.29, 1.82) is 0 Å². The van der Waals surface area contributed by atoms with Crippen LogP contribution >= 0.6 is 0 Å². The average Bonchev–Trinajstić information content (AvgIpc) is 3.17. The zero-order chi connectivity index (χ0) is 41.6. The first-order valence-electron chi connectivity index (χ1n) is 17.9. The Hall–Kier alpha value is -1.67. The van der Waals surface area contributed by atoms with Gasteiger partial charge in [-0.3, -0.25) is 4.79 Å². The van der Waals surface area contributed by atoms with Crippen LogP contribution in [0.25, 0.3) is 0 Å². The number of carbonyl (C=O) groups is 1. The molecule has 0 spiro atoms. The number of nitrogens with two attached hydrogens (primary N) is 1. The Kier molecular flexibility index (Phi) is 17.7. The molecule has 24 heteroatoms. The molecule has 326 valence electrons. The lowest BCUT2D eigenvalue weighted by Crippen LogP contribution is -2.70. The van der Waals surface area contributed by atoms with E-state index in [9.17, 15) is 71.2 Å². The molecule has 16 N–H and O–H groups in total. The molecule has 1 amide bonds. The van der Waals surface area contributed by atoms with Crippen LogP contribution in [0.15, 0.2) is 12.2 Å². The van der Waals surface area contributed by atoms with Gasteiger partial charge >= 0.3 is 0 Å². The van der Waals surface area contributed by atoms with E-state index in [4.69, 9.17) is 43.6 Å². The summed E-state index contributed by atoms with van der Waals surface area (Å²) in [5, 5.41) is 139. The van der Waals surface area contributed by atoms with E-state index < -0.39 is 167 Å². The van der Waals surface area contributed by atoms with E-state index in [1.807, 2.05) is 0 Å². The number of aliphatic hydroxyl groups is 13. The number of rotatable bonds is 16. The van der Waals surface area contributed by atoms with Gasteiger partial charge in [-0.25, -0.2) is 0 Å². The van der Waals surface area contributed by atoms with E-state index in [1.54, 1.807) is 13.0 Å². The normalized spacial score (nSPS) is 46.1. The van der Waals surface area contributed by atoms with Crippen LogP contribution in [0.2, 0.25) is 0 Å². The molecular formula is C32H56N2O22. The van der Waals surface area contributed by atoms with Crippen LogP contribution in [-0.4, -0.2) is 240 Å². The first-order chi connectivity index (χ1) is 26.5. The Morgan fingerprint density at radius 3 is 1.57 bits per heavy atom. The third-order valence-corrected chi connectivity index (χ3v) is 9.87. The van der Waals surface area contributed by atoms with Crippen LogP contribution in [-0.2, 0) is 42.7 Å². The summed E-state index contributed by atoms with van der Waals surface area (Å²) in [6.45, 7) is -1.10. The van der Waals surface area contributed by atoms with Crippen molar-refractivity contribution >= 4 is 5.91 Å². The van der Waals surface area contributed by atoms with Gasteiger partial charge in [0.05, 0.1) is 45.2 Å². The molecule has 0 bridgehead atoms. The molecule has 4 aliphatic rings. The Morgan fingerprint density at radius 2 is 1.05 bits per heavy atom. The fourth-order valence-electron chi connectivity index (χ4n) is 6.71. The molecule has 4 heterocycles. The number of nitrogens with one attached hydrogen (secondary N) is 1. The molecule has 12 unspecified atom stereocenters. The lowest BCUT2D eigenvalue weighted by atomic mass is 9.94. The highest BCUT2D eigenvalue weighted by atomic mass is 16.8. The largest absolute Gasteiger partial charge is 0.394 e. The van der Waals surface area contributed by atoms with Gasteiger partial charge in [-0.15, -0.1) is 0 Å². The zero-order valence-electron chi connectivity index (χ0n) is 30.5. The van der Waals surface area contributed by atoms with Gasteiger partial charge in [0.25, 0.3) is 0 Å². The number of amides is 1. The van der Waals surface area contributed by atoms with Crippen molar-refractivity contribution in [1.82, 2.24) is 5.32 Å². The fourth-order valence-corrected chi connectivity index (χ4v) is 6.71. The minimum Gasteiger partial charge on any atom is -0.394 e. The summed E-state index contributed by atoms with van der Waals surface area (Å²) < 4.78 is 45.1. The second-order valence-corrected chi connectivity index (χ2v) is 13.9. The van der Waals surface area contributed by atoms with Crippen molar-refractivity contribution in [3.8, 4) is 0 Å². The number of aliphatic hydroxyl groups excluding tert-OH is 13. The molecule has 24 nitrogen and oxygen atoms in total. The second kappa shape index (κ2) is 21.0. The van der Waals surface area contributed by atoms with Gasteiger partial charge in [-0.2, -0.15) is 0 Å². The molecule has 22 atom stereocenters. The minimum absolute atomic E-state index is 0.341. The smallest absolute Gasteiger partial charge is 0.217 e. The quantitative estimate of drug-likeness (QED) is 0.0643. The summed E-state index contributed by atoms with van der Waals surface area (Å²) in [5.41, 5.74) is 5.87. The summed E-state index contributed by atoms with van der Waals surface area (Å²) in [4.78, 5) is 12.4. The predicted octanol–water partition coefficient (Wildman–Crippen LogP) is -9.32. The molecule has 4 fully saturated rings. The molecule has 4 saturated heterocycles. The number of hydrogen-bond acceptors (Lipinski definition) is 23. The van der Waals surface area contributed by atoms with Crippen LogP contribution in [0.1, 0.15) is 13.8 Å². The summed E-state index contributed by atoms with van der Waals surface area (Å²) in [6, 6.07) is -2.54. The molecule has 0 aliphatic carbocycles. The van der Waals surface area contributed by atoms with Crippen molar-refractivity contribution in [2.24, 2.45) is 5.73 Å². The maximum absolute atomic E-state index is 12.4. The highest BCUT2D eigenvalue weighted by Gasteiger charge is 2.56. The maximum atomic E-state index is 12.4. The van der Waals surface area contributed by atoms with Crippen molar-refractivity contribution in [2.45, 2.75) is 149 Å². The van der Waals surface area contributed by atoms with E-state index in [1.165, 1.54) is 6.08 Å². The van der Waals surface area contributed by atoms with Gasteiger partial charge in [0, 0.05) is 6.92 Å². The van der Waals surface area contributed by atoms with Gasteiger partial charge in [0.2, 0.25) is 5.91 Å². The standard InChI is InChI=1S/C32H56N2O22/c1-3-4-12(40)11(33)9-49-30-24(47)21(44)27(15(7-37)52-30)55-32-25(48)22(45)26(16(8-38)53-32)54-29-17(34-10(2)39)28(19(42)14(6-36)50-29)56-31-23(46)20(43)18(41)13(5-35)51-31/h3-4,11-32,35-38,40-48H,5-9,33H2,1-2H3,(H,34,39)/b4-3+/t11-,12+,13?,14?,15?,16?,17?,18-,19-,20?,21?,22?,23?,24?,25?,26-,27+,28?,29-,30+,31-,32-/m0/s1. The first-order valence-corrected chi connectivity index (χ1v) is 17.9. The summed E-state index contributed by atoms with van der Waals surface area (Å²) in [7, 11) is 0. The zero-order valence-corrected chi connectivity index (χ0v) is 30.5. The molecular weight excluding hydrogens is 764 g/mol. The molecule has 0 aromatic carbocycles. The Morgan fingerprint density at radius 1 is 0.625 bits per heavy atom. The van der Waals surface area contributed by atoms with E-state index >= 15 is 0 Å². The third kappa shape index (κ3) is 10.5. The second-order valence-electron chi connectivity index (χ2n) is 13.9. The average molecular weight is 821 g/mol. The molecule has 0 aromatic heterocycles.